The van der Waals surface area contributed by atoms with Gasteiger partial charge in [-0.1, -0.05) is 72.3 Å². The third kappa shape index (κ3) is 4.76. The fourth-order valence-electron chi connectivity index (χ4n) is 5.18. The van der Waals surface area contributed by atoms with Gasteiger partial charge in [0, 0.05) is 27.9 Å². The smallest absolute Gasteiger partial charge is 0.249 e. The molecule has 0 bridgehead atoms. The van der Waals surface area contributed by atoms with Crippen LogP contribution in [-0.4, -0.2) is 18.9 Å². The summed E-state index contributed by atoms with van der Waals surface area (Å²) in [5, 5.41) is 2.15. The third-order valence-corrected chi connectivity index (χ3v) is 9.07. The number of sulfone groups is 1. The Hall–Kier alpha value is -4.39. The average Bonchev–Trinajstić information content (AvgIpc) is 3.27. The number of amides is 1. The summed E-state index contributed by atoms with van der Waals surface area (Å²) in [6, 6.07) is 36.4. The number of aromatic nitrogens is 1. The van der Waals surface area contributed by atoms with Crippen molar-refractivity contribution in [3.05, 3.63) is 137 Å². The van der Waals surface area contributed by atoms with Crippen molar-refractivity contribution >= 4 is 49.2 Å². The van der Waals surface area contributed by atoms with E-state index in [9.17, 15) is 13.2 Å². The summed E-state index contributed by atoms with van der Waals surface area (Å²) in [6.07, 6.45) is 0. The number of carbonyl (C=O) groups excluding carboxylic acids is 1. The number of nitrogens with two attached hydrogens (primary N) is 1. The number of carbonyl (C=O) groups is 1. The number of benzene rings is 5. The van der Waals surface area contributed by atoms with E-state index < -0.39 is 15.7 Å². The predicted octanol–water partition coefficient (Wildman–Crippen LogP) is 7.04. The Labute approximate surface area is 237 Å². The highest BCUT2D eigenvalue weighted by Crippen LogP contribution is 2.35. The van der Waals surface area contributed by atoms with E-state index in [4.69, 9.17) is 17.3 Å². The highest BCUT2D eigenvalue weighted by molar-refractivity contribution is 7.90. The second-order valence-corrected chi connectivity index (χ2v) is 12.1. The number of nitrogens with zero attached hydrogens (tertiary/aromatic N) is 1. The fourth-order valence-corrected chi connectivity index (χ4v) is 6.73. The molecule has 6 rings (SSSR count). The van der Waals surface area contributed by atoms with Crippen molar-refractivity contribution in [1.82, 2.24) is 4.57 Å². The van der Waals surface area contributed by atoms with Crippen LogP contribution in [0.4, 0.5) is 0 Å². The molecule has 5 aromatic carbocycles. The Morgan fingerprint density at radius 3 is 2.23 bits per heavy atom. The number of halogens is 1. The molecule has 5 nitrogen and oxygen atoms in total. The van der Waals surface area contributed by atoms with Gasteiger partial charge in [-0.05, 0) is 76.9 Å². The van der Waals surface area contributed by atoms with Crippen LogP contribution >= 0.6 is 11.6 Å². The van der Waals surface area contributed by atoms with Gasteiger partial charge in [-0.15, -0.1) is 0 Å². The van der Waals surface area contributed by atoms with E-state index in [-0.39, 0.29) is 10.6 Å². The minimum Gasteiger partial charge on any atom is -0.366 e. The van der Waals surface area contributed by atoms with Gasteiger partial charge >= 0.3 is 0 Å². The monoisotopic (exact) mass is 563 g/mol. The number of primary amides is 1. The highest BCUT2D eigenvalue weighted by Gasteiger charge is 2.20. The van der Waals surface area contributed by atoms with Crippen LogP contribution in [0.25, 0.3) is 32.9 Å². The standard InChI is InChI=1S/C33H24ClN2O3S/c34-26-16-13-22(14-17-26)23-15-18-28-31(19-23)36(30-12-6-11-29(32(28)30)33(35)37)20-24-7-4-5-8-25(24)21-40(38,39)27-9-2-1-3-10-27/h1-17,19H,20-21H2,(H2,35,37). The van der Waals surface area contributed by atoms with Gasteiger partial charge in [0.1, 0.15) is 0 Å². The van der Waals surface area contributed by atoms with Crippen LogP contribution in [0.5, 0.6) is 0 Å². The molecule has 40 heavy (non-hydrogen) atoms. The Bertz CT molecular complexity index is 2000. The molecule has 1 radical (unpaired) electrons. The second kappa shape index (κ2) is 10.3. The van der Waals surface area contributed by atoms with Crippen molar-refractivity contribution < 1.29 is 13.2 Å². The Morgan fingerprint density at radius 1 is 0.800 bits per heavy atom. The first kappa shape index (κ1) is 25.9. The summed E-state index contributed by atoms with van der Waals surface area (Å²) in [7, 11) is -3.55. The van der Waals surface area contributed by atoms with Gasteiger partial charge in [0.2, 0.25) is 5.91 Å². The summed E-state index contributed by atoms with van der Waals surface area (Å²) in [5.41, 5.74) is 11.4. The van der Waals surface area contributed by atoms with Crippen LogP contribution in [-0.2, 0) is 22.1 Å². The molecule has 1 aromatic heterocycles. The number of hydrogen-bond acceptors (Lipinski definition) is 3. The van der Waals surface area contributed by atoms with E-state index >= 15 is 0 Å². The first-order valence-corrected chi connectivity index (χ1v) is 14.7. The van der Waals surface area contributed by atoms with Gasteiger partial charge in [-0.2, -0.15) is 0 Å². The van der Waals surface area contributed by atoms with Crippen LogP contribution in [0.3, 0.4) is 0 Å². The van der Waals surface area contributed by atoms with Gasteiger partial charge in [0.15, 0.2) is 9.84 Å². The molecule has 0 saturated heterocycles. The molecule has 0 spiro atoms. The van der Waals surface area contributed by atoms with Crippen molar-refractivity contribution in [2.24, 2.45) is 5.73 Å². The van der Waals surface area contributed by atoms with Crippen molar-refractivity contribution in [2.75, 3.05) is 0 Å². The van der Waals surface area contributed by atoms with Gasteiger partial charge in [-0.25, -0.2) is 8.42 Å². The molecule has 0 aliphatic heterocycles. The molecule has 0 aliphatic carbocycles. The molecular formula is C33H24ClN2O3S. The molecule has 197 valence electrons. The number of fused-ring (bicyclic) bond motifs is 3. The van der Waals surface area contributed by atoms with Crippen LogP contribution in [0.2, 0.25) is 5.02 Å². The zero-order chi connectivity index (χ0) is 27.9. The van der Waals surface area contributed by atoms with Crippen LogP contribution in [0.15, 0.2) is 114 Å². The first-order chi connectivity index (χ1) is 19.3. The highest BCUT2D eigenvalue weighted by atomic mass is 35.5. The zero-order valence-corrected chi connectivity index (χ0v) is 22.9. The molecular weight excluding hydrogens is 540 g/mol. The third-order valence-electron chi connectivity index (χ3n) is 7.13. The maximum absolute atomic E-state index is 13.3. The van der Waals surface area contributed by atoms with E-state index in [0.717, 1.165) is 38.5 Å². The van der Waals surface area contributed by atoms with Gasteiger partial charge in [-0.3, -0.25) is 4.79 Å². The largest absolute Gasteiger partial charge is 0.366 e. The van der Waals surface area contributed by atoms with Crippen molar-refractivity contribution in [3.8, 4) is 11.1 Å². The molecule has 6 aromatic rings. The lowest BCUT2D eigenvalue weighted by atomic mass is 10.0. The summed E-state index contributed by atoms with van der Waals surface area (Å²) in [6.45, 7) is 0.389. The topological polar surface area (TPSA) is 82.2 Å². The van der Waals surface area contributed by atoms with E-state index in [2.05, 4.69) is 16.7 Å². The SMILES string of the molecule is NC(=O)c1cccc2c1c1[c]cc(-c3ccc(Cl)cc3)cc1n2Cc1ccccc1CS(=O)(=O)c1ccccc1. The molecule has 0 fully saturated rings. The lowest BCUT2D eigenvalue weighted by molar-refractivity contribution is 0.100. The lowest BCUT2D eigenvalue weighted by Crippen LogP contribution is -2.11. The van der Waals surface area contributed by atoms with E-state index in [0.29, 0.717) is 22.7 Å². The molecule has 2 N–H and O–H groups in total. The maximum Gasteiger partial charge on any atom is 0.249 e. The van der Waals surface area contributed by atoms with E-state index in [1.54, 1.807) is 36.4 Å². The Balaban J connectivity index is 1.52. The molecule has 0 aliphatic rings. The molecule has 0 unspecified atom stereocenters. The van der Waals surface area contributed by atoms with Crippen LogP contribution in [0, 0.1) is 6.07 Å². The van der Waals surface area contributed by atoms with Gasteiger partial charge < -0.3 is 10.3 Å². The summed E-state index contributed by atoms with van der Waals surface area (Å²) < 4.78 is 28.6. The maximum atomic E-state index is 13.3. The lowest BCUT2D eigenvalue weighted by Gasteiger charge is -2.14. The predicted molar refractivity (Wildman–Crippen MR) is 160 cm³/mol. The van der Waals surface area contributed by atoms with Crippen molar-refractivity contribution in [2.45, 2.75) is 17.2 Å². The zero-order valence-electron chi connectivity index (χ0n) is 21.3. The molecule has 7 heteroatoms. The molecule has 1 heterocycles. The summed E-state index contributed by atoms with van der Waals surface area (Å²) >= 11 is 6.11. The summed E-state index contributed by atoms with van der Waals surface area (Å²) in [4.78, 5) is 12.7. The first-order valence-electron chi connectivity index (χ1n) is 12.7. The quantitative estimate of drug-likeness (QED) is 0.226. The molecule has 0 atom stereocenters. The van der Waals surface area contributed by atoms with E-state index in [1.807, 2.05) is 66.7 Å². The molecule has 1 amide bonds. The van der Waals surface area contributed by atoms with Crippen LogP contribution < -0.4 is 5.73 Å². The van der Waals surface area contributed by atoms with Gasteiger partial charge in [0.25, 0.3) is 0 Å². The second-order valence-electron chi connectivity index (χ2n) is 9.65. The van der Waals surface area contributed by atoms with Gasteiger partial charge in [0.05, 0.1) is 21.7 Å². The van der Waals surface area contributed by atoms with Crippen LogP contribution in [0.1, 0.15) is 21.5 Å². The fraction of sp³-hybridized carbons (Fsp3) is 0.0606. The summed E-state index contributed by atoms with van der Waals surface area (Å²) in [5.74, 6) is -0.645. The van der Waals surface area contributed by atoms with Crippen molar-refractivity contribution in [1.29, 1.82) is 0 Å². The van der Waals surface area contributed by atoms with E-state index in [1.165, 1.54) is 0 Å². The van der Waals surface area contributed by atoms with Crippen molar-refractivity contribution in [3.63, 3.8) is 0 Å². The Kier molecular flexibility index (Phi) is 6.66. The Morgan fingerprint density at radius 2 is 1.50 bits per heavy atom. The molecule has 0 saturated carbocycles. The average molecular weight is 564 g/mol. The normalized spacial score (nSPS) is 11.7. The number of hydrogen-bond donors (Lipinski definition) is 1. The number of rotatable bonds is 7. The minimum atomic E-state index is -3.55. The minimum absolute atomic E-state index is 0.126.